The van der Waals surface area contributed by atoms with Gasteiger partial charge in [-0.25, -0.2) is 0 Å². The quantitative estimate of drug-likeness (QED) is 0.646. The number of hydrogen-bond acceptors (Lipinski definition) is 4. The average molecular weight is 380 g/mol. The molecule has 1 aromatic heterocycles. The predicted molar refractivity (Wildman–Crippen MR) is 97.5 cm³/mol. The van der Waals surface area contributed by atoms with Crippen molar-refractivity contribution in [2.24, 2.45) is 4.99 Å². The van der Waals surface area contributed by atoms with Gasteiger partial charge in [0.25, 0.3) is 0 Å². The van der Waals surface area contributed by atoms with Gasteiger partial charge in [-0.15, -0.1) is 11.8 Å². The Balaban J connectivity index is 2.10. The summed E-state index contributed by atoms with van der Waals surface area (Å²) in [6, 6.07) is 8.93. The summed E-state index contributed by atoms with van der Waals surface area (Å²) in [4.78, 5) is 9.69. The van der Waals surface area contributed by atoms with E-state index in [1.54, 1.807) is 18.9 Å². The Labute approximate surface area is 154 Å². The summed E-state index contributed by atoms with van der Waals surface area (Å²) in [5, 5.41) is 0. The molecule has 1 aliphatic heterocycles. The lowest BCUT2D eigenvalue weighted by Gasteiger charge is -2.25. The molecular weight excluding hydrogens is 361 g/mol. The first-order valence-electron chi connectivity index (χ1n) is 8.29. The van der Waals surface area contributed by atoms with Crippen molar-refractivity contribution in [3.05, 3.63) is 53.3 Å². The van der Waals surface area contributed by atoms with Crippen LogP contribution >= 0.6 is 11.8 Å². The number of alkyl halides is 3. The van der Waals surface area contributed by atoms with Gasteiger partial charge >= 0.3 is 6.18 Å². The largest absolute Gasteiger partial charge is 0.417 e. The summed E-state index contributed by atoms with van der Waals surface area (Å²) in [6.07, 6.45) is -2.98. The average Bonchev–Trinajstić information content (AvgIpc) is 2.61. The zero-order valence-corrected chi connectivity index (χ0v) is 15.3. The highest BCUT2D eigenvalue weighted by atomic mass is 32.2. The smallest absolute Gasteiger partial charge is 0.384 e. The van der Waals surface area contributed by atoms with Crippen LogP contribution in [-0.2, 0) is 10.9 Å². The van der Waals surface area contributed by atoms with Crippen LogP contribution in [0.1, 0.15) is 36.1 Å². The number of methoxy groups -OCH3 is 1. The van der Waals surface area contributed by atoms with E-state index in [0.717, 1.165) is 34.2 Å². The number of hydrogen-bond donors (Lipinski definition) is 0. The normalized spacial score (nSPS) is 17.0. The van der Waals surface area contributed by atoms with E-state index in [1.165, 1.54) is 0 Å². The van der Waals surface area contributed by atoms with Gasteiger partial charge in [-0.2, -0.15) is 13.2 Å². The number of aromatic nitrogens is 1. The van der Waals surface area contributed by atoms with Crippen molar-refractivity contribution in [3.63, 3.8) is 0 Å². The van der Waals surface area contributed by atoms with E-state index in [4.69, 9.17) is 4.74 Å². The molecule has 0 spiro atoms. The summed E-state index contributed by atoms with van der Waals surface area (Å²) >= 11 is 1.69. The standard InChI is InChI=1S/C19H19F3N2OS/c1-3-26-17-7-5-4-6-14(17)15-8-12(11-25-2)18-16(24-15)9-13(10-23-18)19(20,21)22/h4-7,9-10,12H,3,8,11H2,1-2H3. The second kappa shape index (κ2) is 7.80. The number of halogens is 3. The van der Waals surface area contributed by atoms with Gasteiger partial charge in [0.1, 0.15) is 0 Å². The first-order valence-corrected chi connectivity index (χ1v) is 9.28. The highest BCUT2D eigenvalue weighted by Crippen LogP contribution is 2.39. The van der Waals surface area contributed by atoms with Crippen LogP contribution in [0.15, 0.2) is 46.4 Å². The Bertz CT molecular complexity index is 821. The molecule has 0 saturated heterocycles. The van der Waals surface area contributed by atoms with Crippen molar-refractivity contribution in [3.8, 4) is 0 Å². The lowest BCUT2D eigenvalue weighted by molar-refractivity contribution is -0.137. The Hall–Kier alpha value is -1.86. The lowest BCUT2D eigenvalue weighted by atomic mass is 9.90. The van der Waals surface area contributed by atoms with Crippen molar-refractivity contribution in [2.75, 3.05) is 19.5 Å². The maximum absolute atomic E-state index is 13.1. The molecule has 1 unspecified atom stereocenters. The fraction of sp³-hybridized carbons (Fsp3) is 0.368. The van der Waals surface area contributed by atoms with Gasteiger partial charge < -0.3 is 4.74 Å². The van der Waals surface area contributed by atoms with Crippen LogP contribution in [0.2, 0.25) is 0 Å². The maximum Gasteiger partial charge on any atom is 0.417 e. The zero-order chi connectivity index (χ0) is 18.7. The number of benzene rings is 1. The van der Waals surface area contributed by atoms with Crippen LogP contribution in [0.3, 0.4) is 0 Å². The van der Waals surface area contributed by atoms with E-state index in [0.29, 0.717) is 18.7 Å². The van der Waals surface area contributed by atoms with Crippen LogP contribution < -0.4 is 0 Å². The molecule has 2 heterocycles. The fourth-order valence-corrected chi connectivity index (χ4v) is 3.87. The minimum atomic E-state index is -4.44. The first kappa shape index (κ1) is 18.9. The molecule has 0 saturated carbocycles. The number of nitrogens with zero attached hydrogens (tertiary/aromatic N) is 2. The molecule has 3 nitrogen and oxygen atoms in total. The Morgan fingerprint density at radius 3 is 2.73 bits per heavy atom. The van der Waals surface area contributed by atoms with Gasteiger partial charge in [-0.05, 0) is 17.9 Å². The van der Waals surface area contributed by atoms with E-state index in [2.05, 4.69) is 16.9 Å². The molecule has 1 aliphatic rings. The van der Waals surface area contributed by atoms with Gasteiger partial charge in [0.15, 0.2) is 0 Å². The van der Waals surface area contributed by atoms with Crippen molar-refractivity contribution < 1.29 is 17.9 Å². The molecule has 0 aliphatic carbocycles. The minimum Gasteiger partial charge on any atom is -0.384 e. The third kappa shape index (κ3) is 3.94. The minimum absolute atomic E-state index is 0.121. The number of aliphatic imine (C=N–C) groups is 1. The number of ether oxygens (including phenoxy) is 1. The van der Waals surface area contributed by atoms with Crippen molar-refractivity contribution in [2.45, 2.75) is 30.3 Å². The molecule has 1 aromatic carbocycles. The lowest BCUT2D eigenvalue weighted by Crippen LogP contribution is -2.19. The van der Waals surface area contributed by atoms with E-state index in [1.807, 2.05) is 24.3 Å². The topological polar surface area (TPSA) is 34.5 Å². The summed E-state index contributed by atoms with van der Waals surface area (Å²) in [5.41, 5.74) is 1.79. The molecule has 7 heteroatoms. The molecule has 1 atom stereocenters. The van der Waals surface area contributed by atoms with E-state index >= 15 is 0 Å². The van der Waals surface area contributed by atoms with Gasteiger partial charge in [0.2, 0.25) is 0 Å². The molecule has 0 radical (unpaired) electrons. The second-order valence-corrected chi connectivity index (χ2v) is 7.28. The monoisotopic (exact) mass is 380 g/mol. The van der Waals surface area contributed by atoms with Crippen LogP contribution in [0, 0.1) is 0 Å². The molecule has 0 bridgehead atoms. The van der Waals surface area contributed by atoms with E-state index < -0.39 is 11.7 Å². The van der Waals surface area contributed by atoms with Crippen LogP contribution in [0.25, 0.3) is 0 Å². The second-order valence-electron chi connectivity index (χ2n) is 5.97. The van der Waals surface area contributed by atoms with Crippen LogP contribution in [0.4, 0.5) is 18.9 Å². The Kier molecular flexibility index (Phi) is 5.67. The molecule has 0 fully saturated rings. The Morgan fingerprint density at radius 1 is 1.27 bits per heavy atom. The third-order valence-electron chi connectivity index (χ3n) is 4.17. The first-order chi connectivity index (χ1) is 12.4. The molecular formula is C19H19F3N2OS. The SMILES string of the molecule is CCSc1ccccc1C1=Nc2cc(C(F)(F)F)cnc2C(COC)C1. The van der Waals surface area contributed by atoms with Gasteiger partial charge in [0, 0.05) is 36.1 Å². The molecule has 3 rings (SSSR count). The third-order valence-corrected chi connectivity index (χ3v) is 5.13. The molecule has 2 aromatic rings. The molecule has 138 valence electrons. The van der Waals surface area contributed by atoms with Crippen LogP contribution in [-0.4, -0.2) is 30.2 Å². The molecule has 0 N–H and O–H groups in total. The number of rotatable bonds is 5. The Morgan fingerprint density at radius 2 is 2.04 bits per heavy atom. The number of fused-ring (bicyclic) bond motifs is 1. The van der Waals surface area contributed by atoms with Crippen molar-refractivity contribution >= 4 is 23.2 Å². The number of pyridine rings is 1. The van der Waals surface area contributed by atoms with Crippen molar-refractivity contribution in [1.29, 1.82) is 0 Å². The van der Waals surface area contributed by atoms with E-state index in [-0.39, 0.29) is 11.6 Å². The summed E-state index contributed by atoms with van der Waals surface area (Å²) < 4.78 is 44.5. The maximum atomic E-state index is 13.1. The molecule has 0 amide bonds. The molecule has 26 heavy (non-hydrogen) atoms. The summed E-state index contributed by atoms with van der Waals surface area (Å²) in [7, 11) is 1.58. The fourth-order valence-electron chi connectivity index (χ4n) is 3.04. The van der Waals surface area contributed by atoms with E-state index in [9.17, 15) is 13.2 Å². The van der Waals surface area contributed by atoms with Gasteiger partial charge in [0.05, 0.1) is 29.3 Å². The highest BCUT2D eigenvalue weighted by Gasteiger charge is 2.34. The zero-order valence-electron chi connectivity index (χ0n) is 14.5. The van der Waals surface area contributed by atoms with Gasteiger partial charge in [-0.3, -0.25) is 9.98 Å². The summed E-state index contributed by atoms with van der Waals surface area (Å²) in [6.45, 7) is 2.44. The summed E-state index contributed by atoms with van der Waals surface area (Å²) in [5.74, 6) is 0.784. The van der Waals surface area contributed by atoms with Crippen LogP contribution in [0.5, 0.6) is 0 Å². The predicted octanol–water partition coefficient (Wildman–Crippen LogP) is 5.47. The number of thioether (sulfide) groups is 1. The van der Waals surface area contributed by atoms with Gasteiger partial charge in [-0.1, -0.05) is 25.1 Å². The van der Waals surface area contributed by atoms with Crippen molar-refractivity contribution in [1.82, 2.24) is 4.98 Å². The highest BCUT2D eigenvalue weighted by molar-refractivity contribution is 7.99.